The molecule has 19 heavy (non-hydrogen) atoms. The van der Waals surface area contributed by atoms with Gasteiger partial charge < -0.3 is 10.1 Å². The Kier molecular flexibility index (Phi) is 4.30. The third-order valence-corrected chi connectivity index (χ3v) is 3.17. The SMILES string of the molecule is COc1cc(NCCc2cscn2)cc([N+](=O)[O-])c1. The second-order valence-electron chi connectivity index (χ2n) is 3.83. The molecule has 0 atom stereocenters. The van der Waals surface area contributed by atoms with E-state index < -0.39 is 4.92 Å². The van der Waals surface area contributed by atoms with Gasteiger partial charge in [-0.3, -0.25) is 10.1 Å². The van der Waals surface area contributed by atoms with Crippen LogP contribution in [0.1, 0.15) is 5.69 Å². The van der Waals surface area contributed by atoms with E-state index in [4.69, 9.17) is 4.74 Å². The van der Waals surface area contributed by atoms with E-state index in [1.807, 2.05) is 5.38 Å². The quantitative estimate of drug-likeness (QED) is 0.649. The molecule has 0 aliphatic carbocycles. The Morgan fingerprint density at radius 2 is 2.32 bits per heavy atom. The fourth-order valence-corrected chi connectivity index (χ4v) is 2.20. The number of rotatable bonds is 6. The zero-order valence-corrected chi connectivity index (χ0v) is 11.1. The summed E-state index contributed by atoms with van der Waals surface area (Å²) in [6.45, 7) is 0.661. The Hall–Kier alpha value is -2.15. The van der Waals surface area contributed by atoms with Crippen molar-refractivity contribution in [3.05, 3.63) is 44.9 Å². The van der Waals surface area contributed by atoms with Crippen LogP contribution in [0.15, 0.2) is 29.1 Å². The highest BCUT2D eigenvalue weighted by atomic mass is 32.1. The monoisotopic (exact) mass is 279 g/mol. The first-order valence-electron chi connectivity index (χ1n) is 5.63. The summed E-state index contributed by atoms with van der Waals surface area (Å²) in [4.78, 5) is 14.5. The third kappa shape index (κ3) is 3.65. The summed E-state index contributed by atoms with van der Waals surface area (Å²) < 4.78 is 5.04. The number of hydrogen-bond acceptors (Lipinski definition) is 6. The third-order valence-electron chi connectivity index (χ3n) is 2.53. The molecule has 0 saturated heterocycles. The van der Waals surface area contributed by atoms with Crippen molar-refractivity contribution in [3.63, 3.8) is 0 Å². The van der Waals surface area contributed by atoms with Crippen molar-refractivity contribution in [1.82, 2.24) is 4.98 Å². The first-order chi connectivity index (χ1) is 9.19. The molecule has 6 nitrogen and oxygen atoms in total. The van der Waals surface area contributed by atoms with E-state index in [2.05, 4.69) is 10.3 Å². The fraction of sp³-hybridized carbons (Fsp3) is 0.250. The van der Waals surface area contributed by atoms with Crippen molar-refractivity contribution in [1.29, 1.82) is 0 Å². The summed E-state index contributed by atoms with van der Waals surface area (Å²) in [5.41, 5.74) is 3.47. The molecule has 0 bridgehead atoms. The summed E-state index contributed by atoms with van der Waals surface area (Å²) >= 11 is 1.55. The van der Waals surface area contributed by atoms with Crippen LogP contribution in [0, 0.1) is 10.1 Å². The average molecular weight is 279 g/mol. The van der Waals surface area contributed by atoms with Gasteiger partial charge >= 0.3 is 0 Å². The maximum absolute atomic E-state index is 10.8. The smallest absolute Gasteiger partial charge is 0.275 e. The zero-order valence-electron chi connectivity index (χ0n) is 10.3. The first-order valence-corrected chi connectivity index (χ1v) is 6.57. The lowest BCUT2D eigenvalue weighted by molar-refractivity contribution is -0.384. The Bertz CT molecular complexity index is 557. The Morgan fingerprint density at radius 3 is 2.95 bits per heavy atom. The molecule has 100 valence electrons. The molecule has 0 spiro atoms. The van der Waals surface area contributed by atoms with Crippen LogP contribution in [-0.4, -0.2) is 23.6 Å². The normalized spacial score (nSPS) is 10.2. The highest BCUT2D eigenvalue weighted by Gasteiger charge is 2.10. The highest BCUT2D eigenvalue weighted by molar-refractivity contribution is 7.07. The standard InChI is InChI=1S/C12H13N3O3S/c1-18-12-5-10(4-11(6-12)15(16)17)13-3-2-9-7-19-8-14-9/h4-8,13H,2-3H2,1H3. The van der Waals surface area contributed by atoms with Crippen LogP contribution in [0.25, 0.3) is 0 Å². The molecule has 1 aromatic heterocycles. The molecule has 0 radical (unpaired) electrons. The first kappa shape index (κ1) is 13.3. The van der Waals surface area contributed by atoms with Gasteiger partial charge in [0.2, 0.25) is 0 Å². The lowest BCUT2D eigenvalue weighted by Gasteiger charge is -2.07. The summed E-state index contributed by atoms with van der Waals surface area (Å²) in [6.07, 6.45) is 0.772. The number of non-ortho nitro benzene ring substituents is 1. The maximum Gasteiger partial charge on any atom is 0.275 e. The largest absolute Gasteiger partial charge is 0.496 e. The number of nitro groups is 1. The van der Waals surface area contributed by atoms with Crippen molar-refractivity contribution in [2.45, 2.75) is 6.42 Å². The van der Waals surface area contributed by atoms with Gasteiger partial charge in [-0.15, -0.1) is 11.3 Å². The van der Waals surface area contributed by atoms with E-state index in [9.17, 15) is 10.1 Å². The number of benzene rings is 1. The molecule has 0 saturated carbocycles. The number of aromatic nitrogens is 1. The van der Waals surface area contributed by atoms with Crippen LogP contribution in [0.2, 0.25) is 0 Å². The number of anilines is 1. The molecule has 0 aliphatic heterocycles. The van der Waals surface area contributed by atoms with Gasteiger partial charge in [0.1, 0.15) is 5.75 Å². The van der Waals surface area contributed by atoms with Crippen molar-refractivity contribution in [3.8, 4) is 5.75 Å². The zero-order chi connectivity index (χ0) is 13.7. The van der Waals surface area contributed by atoms with E-state index in [1.165, 1.54) is 19.2 Å². The minimum absolute atomic E-state index is 0.00973. The fourth-order valence-electron chi connectivity index (χ4n) is 1.60. The lowest BCUT2D eigenvalue weighted by atomic mass is 10.2. The number of methoxy groups -OCH3 is 1. The molecular weight excluding hydrogens is 266 g/mol. The predicted octanol–water partition coefficient (Wildman–Crippen LogP) is 2.71. The number of nitrogens with one attached hydrogen (secondary N) is 1. The maximum atomic E-state index is 10.8. The summed E-state index contributed by atoms with van der Waals surface area (Å²) in [5, 5.41) is 15.9. The molecule has 2 rings (SSSR count). The van der Waals surface area contributed by atoms with Gasteiger partial charge in [0.05, 0.1) is 29.3 Å². The topological polar surface area (TPSA) is 77.3 Å². The van der Waals surface area contributed by atoms with Crippen LogP contribution in [0.4, 0.5) is 11.4 Å². The number of ether oxygens (including phenoxy) is 1. The van der Waals surface area contributed by atoms with Gasteiger partial charge in [-0.1, -0.05) is 0 Å². The average Bonchev–Trinajstić information content (AvgIpc) is 2.91. The van der Waals surface area contributed by atoms with E-state index in [0.717, 1.165) is 12.1 Å². The highest BCUT2D eigenvalue weighted by Crippen LogP contribution is 2.25. The molecule has 1 N–H and O–H groups in total. The van der Waals surface area contributed by atoms with Crippen LogP contribution < -0.4 is 10.1 Å². The van der Waals surface area contributed by atoms with Gasteiger partial charge in [0.25, 0.3) is 5.69 Å². The summed E-state index contributed by atoms with van der Waals surface area (Å²) in [5.74, 6) is 0.463. The summed E-state index contributed by atoms with van der Waals surface area (Å²) in [6, 6.07) is 4.61. The molecule has 1 aromatic carbocycles. The minimum atomic E-state index is -0.436. The molecule has 0 aliphatic rings. The van der Waals surface area contributed by atoms with Crippen LogP contribution in [-0.2, 0) is 6.42 Å². The van der Waals surface area contributed by atoms with Gasteiger partial charge in [0.15, 0.2) is 0 Å². The Labute approximate surface area is 114 Å². The van der Waals surface area contributed by atoms with Crippen LogP contribution in [0.5, 0.6) is 5.75 Å². The van der Waals surface area contributed by atoms with Gasteiger partial charge in [-0.2, -0.15) is 0 Å². The number of hydrogen-bond donors (Lipinski definition) is 1. The van der Waals surface area contributed by atoms with Crippen molar-refractivity contribution in [2.24, 2.45) is 0 Å². The molecule has 0 unspecified atom stereocenters. The number of nitro benzene ring substituents is 1. The van der Waals surface area contributed by atoms with Gasteiger partial charge in [-0.05, 0) is 0 Å². The second kappa shape index (κ2) is 6.14. The molecular formula is C12H13N3O3S. The Morgan fingerprint density at radius 1 is 1.47 bits per heavy atom. The van der Waals surface area contributed by atoms with E-state index in [-0.39, 0.29) is 5.69 Å². The van der Waals surface area contributed by atoms with Gasteiger partial charge in [0, 0.05) is 36.2 Å². The van der Waals surface area contributed by atoms with Crippen molar-refractivity contribution in [2.75, 3.05) is 19.0 Å². The molecule has 2 aromatic rings. The number of nitrogens with zero attached hydrogens (tertiary/aromatic N) is 2. The second-order valence-corrected chi connectivity index (χ2v) is 4.55. The summed E-state index contributed by atoms with van der Waals surface area (Å²) in [7, 11) is 1.48. The molecule has 0 fully saturated rings. The van der Waals surface area contributed by atoms with E-state index >= 15 is 0 Å². The van der Waals surface area contributed by atoms with E-state index in [0.29, 0.717) is 18.0 Å². The Balaban J connectivity index is 2.02. The van der Waals surface area contributed by atoms with Crippen LogP contribution in [0.3, 0.4) is 0 Å². The molecule has 1 heterocycles. The van der Waals surface area contributed by atoms with Crippen LogP contribution >= 0.6 is 11.3 Å². The van der Waals surface area contributed by atoms with Crippen molar-refractivity contribution < 1.29 is 9.66 Å². The minimum Gasteiger partial charge on any atom is -0.496 e. The molecule has 0 amide bonds. The lowest BCUT2D eigenvalue weighted by Crippen LogP contribution is -2.05. The predicted molar refractivity (Wildman–Crippen MR) is 74.0 cm³/mol. The molecule has 7 heteroatoms. The van der Waals surface area contributed by atoms with Gasteiger partial charge in [-0.25, -0.2) is 4.98 Å². The number of thiazole rings is 1. The van der Waals surface area contributed by atoms with E-state index in [1.54, 1.807) is 22.9 Å². The van der Waals surface area contributed by atoms with Crippen molar-refractivity contribution >= 4 is 22.7 Å².